The Bertz CT molecular complexity index is 1020. The summed E-state index contributed by atoms with van der Waals surface area (Å²) in [5.74, 6) is -0.634. The van der Waals surface area contributed by atoms with E-state index in [1.807, 2.05) is 36.6 Å². The Morgan fingerprint density at radius 2 is 2.04 bits per heavy atom. The molecular weight excluding hydrogens is 396 g/mol. The molecule has 0 bridgehead atoms. The SMILES string of the molecule is COC(=O)c1ccc(C)c(NC(=O)Cc2csc(Cc3cccc(Cl)c3)n2)c1. The zero-order valence-electron chi connectivity index (χ0n) is 15.5. The van der Waals surface area contributed by atoms with Crippen LogP contribution in [0.1, 0.15) is 32.2 Å². The second kappa shape index (κ2) is 8.99. The Labute approximate surface area is 172 Å². The van der Waals surface area contributed by atoms with Crippen molar-refractivity contribution >= 4 is 40.5 Å². The summed E-state index contributed by atoms with van der Waals surface area (Å²) in [5, 5.41) is 6.35. The molecule has 0 saturated heterocycles. The Balaban J connectivity index is 1.64. The zero-order chi connectivity index (χ0) is 20.1. The van der Waals surface area contributed by atoms with Crippen molar-refractivity contribution in [3.8, 4) is 0 Å². The number of amides is 1. The first kappa shape index (κ1) is 20.0. The molecule has 1 heterocycles. The summed E-state index contributed by atoms with van der Waals surface area (Å²) in [7, 11) is 1.32. The third kappa shape index (κ3) is 5.18. The normalized spacial score (nSPS) is 10.5. The van der Waals surface area contributed by atoms with Crippen LogP contribution in [0, 0.1) is 6.92 Å². The lowest BCUT2D eigenvalue weighted by molar-refractivity contribution is -0.115. The fourth-order valence-electron chi connectivity index (χ4n) is 2.69. The lowest BCUT2D eigenvalue weighted by Gasteiger charge is -2.09. The first-order valence-electron chi connectivity index (χ1n) is 8.61. The molecule has 0 unspecified atom stereocenters. The molecule has 1 amide bonds. The number of ether oxygens (including phenoxy) is 1. The highest BCUT2D eigenvalue weighted by molar-refractivity contribution is 7.09. The smallest absolute Gasteiger partial charge is 0.337 e. The van der Waals surface area contributed by atoms with Gasteiger partial charge in [0, 0.05) is 22.5 Å². The highest BCUT2D eigenvalue weighted by Crippen LogP contribution is 2.20. The van der Waals surface area contributed by atoms with Gasteiger partial charge < -0.3 is 10.1 Å². The van der Waals surface area contributed by atoms with E-state index in [2.05, 4.69) is 10.3 Å². The number of thiazole rings is 1. The molecule has 3 aromatic rings. The molecular formula is C21H19ClN2O3S. The van der Waals surface area contributed by atoms with Gasteiger partial charge in [0.25, 0.3) is 0 Å². The van der Waals surface area contributed by atoms with E-state index < -0.39 is 5.97 Å². The van der Waals surface area contributed by atoms with E-state index in [4.69, 9.17) is 16.3 Å². The van der Waals surface area contributed by atoms with Gasteiger partial charge in [-0.05, 0) is 42.3 Å². The summed E-state index contributed by atoms with van der Waals surface area (Å²) in [4.78, 5) is 28.6. The van der Waals surface area contributed by atoms with E-state index in [1.54, 1.807) is 18.2 Å². The van der Waals surface area contributed by atoms with Crippen LogP contribution < -0.4 is 5.32 Å². The molecule has 0 aliphatic carbocycles. The minimum atomic E-state index is -0.444. The second-order valence-electron chi connectivity index (χ2n) is 6.29. The maximum Gasteiger partial charge on any atom is 0.337 e. The summed E-state index contributed by atoms with van der Waals surface area (Å²) in [5.41, 5.74) is 3.62. The van der Waals surface area contributed by atoms with Crippen LogP contribution in [-0.2, 0) is 22.4 Å². The highest BCUT2D eigenvalue weighted by atomic mass is 35.5. The molecule has 1 N–H and O–H groups in total. The topological polar surface area (TPSA) is 68.3 Å². The number of halogens is 1. The number of methoxy groups -OCH3 is 1. The maximum absolute atomic E-state index is 12.4. The Hall–Kier alpha value is -2.70. The number of nitrogens with zero attached hydrogens (tertiary/aromatic N) is 1. The fourth-order valence-corrected chi connectivity index (χ4v) is 3.73. The number of rotatable bonds is 6. The average molecular weight is 415 g/mol. The summed E-state index contributed by atoms with van der Waals surface area (Å²) in [6.07, 6.45) is 0.834. The van der Waals surface area contributed by atoms with Gasteiger partial charge in [0.05, 0.1) is 29.8 Å². The first-order valence-corrected chi connectivity index (χ1v) is 9.87. The molecule has 0 aliphatic rings. The summed E-state index contributed by atoms with van der Waals surface area (Å²) in [6, 6.07) is 12.7. The predicted molar refractivity (Wildman–Crippen MR) is 111 cm³/mol. The number of esters is 1. The van der Waals surface area contributed by atoms with Gasteiger partial charge in [0.1, 0.15) is 0 Å². The molecule has 2 aromatic carbocycles. The summed E-state index contributed by atoms with van der Waals surface area (Å²) in [6.45, 7) is 1.86. The minimum Gasteiger partial charge on any atom is -0.465 e. The monoisotopic (exact) mass is 414 g/mol. The van der Waals surface area contributed by atoms with Gasteiger partial charge in [-0.1, -0.05) is 29.8 Å². The number of aromatic nitrogens is 1. The number of hydrogen-bond acceptors (Lipinski definition) is 5. The van der Waals surface area contributed by atoms with Crippen LogP contribution in [0.5, 0.6) is 0 Å². The third-order valence-electron chi connectivity index (χ3n) is 4.12. The first-order chi connectivity index (χ1) is 13.4. The van der Waals surface area contributed by atoms with Gasteiger partial charge in [-0.2, -0.15) is 0 Å². The van der Waals surface area contributed by atoms with Crippen LogP contribution in [0.4, 0.5) is 5.69 Å². The van der Waals surface area contributed by atoms with Crippen molar-refractivity contribution < 1.29 is 14.3 Å². The minimum absolute atomic E-state index is 0.161. The van der Waals surface area contributed by atoms with Gasteiger partial charge in [0.2, 0.25) is 5.91 Å². The van der Waals surface area contributed by atoms with Crippen molar-refractivity contribution in [1.29, 1.82) is 0 Å². The van der Waals surface area contributed by atoms with Gasteiger partial charge in [-0.25, -0.2) is 9.78 Å². The Morgan fingerprint density at radius 3 is 2.79 bits per heavy atom. The number of carbonyl (C=O) groups excluding carboxylic acids is 2. The second-order valence-corrected chi connectivity index (χ2v) is 7.66. The lowest BCUT2D eigenvalue weighted by atomic mass is 10.1. The highest BCUT2D eigenvalue weighted by Gasteiger charge is 2.12. The lowest BCUT2D eigenvalue weighted by Crippen LogP contribution is -2.16. The van der Waals surface area contributed by atoms with Crippen molar-refractivity contribution in [2.45, 2.75) is 19.8 Å². The van der Waals surface area contributed by atoms with Crippen molar-refractivity contribution in [3.63, 3.8) is 0 Å². The van der Waals surface area contributed by atoms with Gasteiger partial charge in [-0.3, -0.25) is 4.79 Å². The molecule has 1 aromatic heterocycles. The van der Waals surface area contributed by atoms with E-state index >= 15 is 0 Å². The van der Waals surface area contributed by atoms with Crippen LogP contribution in [0.25, 0.3) is 0 Å². The standard InChI is InChI=1S/C21H19ClN2O3S/c1-13-6-7-15(21(26)27-2)10-18(13)24-19(25)11-17-12-28-20(23-17)9-14-4-3-5-16(22)8-14/h3-8,10,12H,9,11H2,1-2H3,(H,24,25). The molecule has 0 atom stereocenters. The number of hydrogen-bond donors (Lipinski definition) is 1. The van der Waals surface area contributed by atoms with Crippen LogP contribution in [0.3, 0.4) is 0 Å². The molecule has 5 nitrogen and oxygen atoms in total. The average Bonchev–Trinajstić information content (AvgIpc) is 3.09. The molecule has 28 heavy (non-hydrogen) atoms. The predicted octanol–water partition coefficient (Wildman–Crippen LogP) is 4.66. The fraction of sp³-hybridized carbons (Fsp3) is 0.190. The van der Waals surface area contributed by atoms with E-state index in [-0.39, 0.29) is 12.3 Å². The van der Waals surface area contributed by atoms with Crippen LogP contribution >= 0.6 is 22.9 Å². The number of nitrogens with one attached hydrogen (secondary N) is 1. The van der Waals surface area contributed by atoms with E-state index in [0.29, 0.717) is 28.4 Å². The quantitative estimate of drug-likeness (QED) is 0.595. The largest absolute Gasteiger partial charge is 0.465 e. The zero-order valence-corrected chi connectivity index (χ0v) is 17.1. The van der Waals surface area contributed by atoms with Crippen molar-refractivity contribution in [1.82, 2.24) is 4.98 Å². The Morgan fingerprint density at radius 1 is 1.21 bits per heavy atom. The van der Waals surface area contributed by atoms with Crippen molar-refractivity contribution in [3.05, 3.63) is 80.3 Å². The van der Waals surface area contributed by atoms with Crippen LogP contribution in [-0.4, -0.2) is 24.0 Å². The maximum atomic E-state index is 12.4. The molecule has 0 radical (unpaired) electrons. The van der Waals surface area contributed by atoms with Gasteiger partial charge >= 0.3 is 5.97 Å². The molecule has 3 rings (SSSR count). The van der Waals surface area contributed by atoms with Crippen molar-refractivity contribution in [2.24, 2.45) is 0 Å². The number of carbonyl (C=O) groups is 2. The number of aryl methyl sites for hydroxylation is 1. The van der Waals surface area contributed by atoms with Crippen LogP contribution in [0.15, 0.2) is 47.8 Å². The van der Waals surface area contributed by atoms with E-state index in [9.17, 15) is 9.59 Å². The molecule has 7 heteroatoms. The van der Waals surface area contributed by atoms with E-state index in [1.165, 1.54) is 18.4 Å². The van der Waals surface area contributed by atoms with Gasteiger partial charge in [0.15, 0.2) is 0 Å². The van der Waals surface area contributed by atoms with Gasteiger partial charge in [-0.15, -0.1) is 11.3 Å². The Kier molecular flexibility index (Phi) is 6.44. The van der Waals surface area contributed by atoms with Crippen molar-refractivity contribution in [2.75, 3.05) is 12.4 Å². The molecule has 0 spiro atoms. The van der Waals surface area contributed by atoms with E-state index in [0.717, 1.165) is 16.1 Å². The summed E-state index contributed by atoms with van der Waals surface area (Å²) >= 11 is 7.53. The third-order valence-corrected chi connectivity index (χ3v) is 5.25. The number of benzene rings is 2. The molecule has 0 saturated carbocycles. The molecule has 0 aliphatic heterocycles. The molecule has 0 fully saturated rings. The number of anilines is 1. The van der Waals surface area contributed by atoms with Crippen LogP contribution in [0.2, 0.25) is 5.02 Å². The molecule has 144 valence electrons. The summed E-state index contributed by atoms with van der Waals surface area (Å²) < 4.78 is 4.72.